The Balaban J connectivity index is 2.00. The summed E-state index contributed by atoms with van der Waals surface area (Å²) in [5, 5.41) is 11.3. The van der Waals surface area contributed by atoms with E-state index in [-0.39, 0.29) is 15.6 Å². The molecule has 27 heavy (non-hydrogen) atoms. The first-order chi connectivity index (χ1) is 12.4. The number of β-lactam (4-membered cyclic amide) rings is 1. The second-order valence-corrected chi connectivity index (χ2v) is 9.49. The number of nitrogens with one attached hydrogen (secondary N) is 1. The van der Waals surface area contributed by atoms with Crippen LogP contribution in [0, 0.1) is 0 Å². The van der Waals surface area contributed by atoms with E-state index in [1.165, 1.54) is 19.1 Å². The smallest absolute Gasteiger partial charge is 0.327 e. The maximum Gasteiger partial charge on any atom is 0.327 e. The van der Waals surface area contributed by atoms with Gasteiger partial charge in [-0.3, -0.25) is 14.4 Å². The predicted molar refractivity (Wildman–Crippen MR) is 101 cm³/mol. The number of hydrogen-bond donors (Lipinski definition) is 2. The summed E-state index contributed by atoms with van der Waals surface area (Å²) in [6, 6.07) is 3.39. The minimum atomic E-state index is -1.86. The molecule has 2 amide bonds. The molecular formula is C17H16Cl2N2O5S. The molecule has 10 heteroatoms. The van der Waals surface area contributed by atoms with Crippen molar-refractivity contribution in [2.75, 3.05) is 0 Å². The zero-order valence-electron chi connectivity index (χ0n) is 14.6. The average Bonchev–Trinajstić information content (AvgIpc) is 2.81. The Kier molecular flexibility index (Phi) is 4.73. The lowest BCUT2D eigenvalue weighted by Gasteiger charge is -2.51. The van der Waals surface area contributed by atoms with Gasteiger partial charge in [0, 0.05) is 4.75 Å². The summed E-state index contributed by atoms with van der Waals surface area (Å²) in [6.07, 6.45) is 0. The molecule has 2 saturated heterocycles. The van der Waals surface area contributed by atoms with Crippen LogP contribution in [0.1, 0.15) is 31.1 Å². The number of amides is 2. The van der Waals surface area contributed by atoms with Crippen LogP contribution in [-0.4, -0.2) is 55.3 Å². The van der Waals surface area contributed by atoms with Crippen LogP contribution in [0.3, 0.4) is 0 Å². The molecule has 7 nitrogen and oxygen atoms in total. The zero-order valence-corrected chi connectivity index (χ0v) is 16.9. The van der Waals surface area contributed by atoms with Gasteiger partial charge in [-0.25, -0.2) is 4.79 Å². The van der Waals surface area contributed by atoms with Crippen LogP contribution in [0.4, 0.5) is 0 Å². The van der Waals surface area contributed by atoms with Crippen molar-refractivity contribution in [3.05, 3.63) is 33.8 Å². The van der Waals surface area contributed by atoms with Crippen molar-refractivity contribution in [3.63, 3.8) is 0 Å². The fourth-order valence-corrected chi connectivity index (χ4v) is 5.86. The van der Waals surface area contributed by atoms with E-state index in [0.29, 0.717) is 0 Å². The highest BCUT2D eigenvalue weighted by atomic mass is 35.5. The molecular weight excluding hydrogens is 415 g/mol. The van der Waals surface area contributed by atoms with Gasteiger partial charge >= 0.3 is 5.97 Å². The largest absolute Gasteiger partial charge is 0.480 e. The molecule has 2 aliphatic heterocycles. The lowest BCUT2D eigenvalue weighted by Crippen LogP contribution is -2.82. The molecule has 1 aromatic rings. The van der Waals surface area contributed by atoms with Gasteiger partial charge in [0.05, 0.1) is 15.6 Å². The summed E-state index contributed by atoms with van der Waals surface area (Å²) >= 11 is 13.2. The average molecular weight is 431 g/mol. The number of Topliss-reactive ketones (excluding diaryl/α,β-unsaturated/α-hetero) is 1. The topological polar surface area (TPSA) is 104 Å². The first-order valence-corrected chi connectivity index (χ1v) is 9.59. The number of carboxylic acid groups (broad SMARTS) is 1. The summed E-state index contributed by atoms with van der Waals surface area (Å²) in [7, 11) is 0. The van der Waals surface area contributed by atoms with Crippen LogP contribution >= 0.6 is 35.0 Å². The molecule has 3 rings (SSSR count). The van der Waals surface area contributed by atoms with Crippen molar-refractivity contribution >= 4 is 58.5 Å². The second-order valence-electron chi connectivity index (χ2n) is 6.94. The Labute approximate surface area is 169 Å². The van der Waals surface area contributed by atoms with Crippen LogP contribution in [0.25, 0.3) is 0 Å². The molecule has 0 unspecified atom stereocenters. The number of hydrogen-bond acceptors (Lipinski definition) is 5. The molecule has 1 aromatic carbocycles. The van der Waals surface area contributed by atoms with Gasteiger partial charge < -0.3 is 15.3 Å². The molecule has 0 aromatic heterocycles. The number of fused-ring (bicyclic) bond motifs is 1. The Morgan fingerprint density at radius 1 is 1.22 bits per heavy atom. The van der Waals surface area contributed by atoms with Gasteiger partial charge in [0.2, 0.25) is 5.54 Å². The summed E-state index contributed by atoms with van der Waals surface area (Å²) in [6.45, 7) is 4.55. The number of carboxylic acids is 1. The number of aliphatic carboxylic acids is 1. The quantitative estimate of drug-likeness (QED) is 0.560. The molecule has 144 valence electrons. The van der Waals surface area contributed by atoms with Gasteiger partial charge in [-0.1, -0.05) is 29.3 Å². The van der Waals surface area contributed by atoms with Crippen LogP contribution < -0.4 is 5.32 Å². The highest BCUT2D eigenvalue weighted by molar-refractivity contribution is 8.01. The first-order valence-electron chi connectivity index (χ1n) is 7.96. The second kappa shape index (κ2) is 6.39. The molecule has 2 N–H and O–H groups in total. The summed E-state index contributed by atoms with van der Waals surface area (Å²) in [5.74, 6) is -3.27. The van der Waals surface area contributed by atoms with Gasteiger partial charge in [-0.05, 0) is 32.9 Å². The number of nitrogens with zero attached hydrogens (tertiary/aromatic N) is 1. The summed E-state index contributed by atoms with van der Waals surface area (Å²) < 4.78 is -0.837. The lowest BCUT2D eigenvalue weighted by atomic mass is 9.81. The van der Waals surface area contributed by atoms with Crippen molar-refractivity contribution in [1.29, 1.82) is 0 Å². The number of ketones is 1. The third-order valence-electron chi connectivity index (χ3n) is 4.84. The highest BCUT2D eigenvalue weighted by Gasteiger charge is 2.74. The monoisotopic (exact) mass is 430 g/mol. The molecule has 2 heterocycles. The van der Waals surface area contributed by atoms with Crippen molar-refractivity contribution in [2.45, 2.75) is 42.5 Å². The maximum absolute atomic E-state index is 12.9. The molecule has 2 aliphatic rings. The summed E-state index contributed by atoms with van der Waals surface area (Å²) in [4.78, 5) is 50.9. The van der Waals surface area contributed by atoms with Crippen molar-refractivity contribution < 1.29 is 24.3 Å². The van der Waals surface area contributed by atoms with E-state index < -0.39 is 45.3 Å². The molecule has 3 atom stereocenters. The maximum atomic E-state index is 12.9. The van der Waals surface area contributed by atoms with Crippen LogP contribution in [0.2, 0.25) is 10.0 Å². The first kappa shape index (κ1) is 20.0. The Bertz CT molecular complexity index is 870. The minimum absolute atomic E-state index is 0.0512. The summed E-state index contributed by atoms with van der Waals surface area (Å²) in [5.41, 5.74) is -1.91. The zero-order chi connectivity index (χ0) is 20.3. The molecule has 0 radical (unpaired) electrons. The van der Waals surface area contributed by atoms with E-state index in [1.807, 2.05) is 0 Å². The van der Waals surface area contributed by atoms with E-state index in [4.69, 9.17) is 23.2 Å². The van der Waals surface area contributed by atoms with E-state index in [1.54, 1.807) is 19.9 Å². The van der Waals surface area contributed by atoms with Crippen molar-refractivity contribution in [2.24, 2.45) is 0 Å². The third-order valence-corrected chi connectivity index (χ3v) is 7.10. The Morgan fingerprint density at radius 3 is 2.26 bits per heavy atom. The van der Waals surface area contributed by atoms with Gasteiger partial charge in [-0.2, -0.15) is 0 Å². The molecule has 0 saturated carbocycles. The number of carbonyl (C=O) groups excluding carboxylic acids is 3. The van der Waals surface area contributed by atoms with Crippen LogP contribution in [-0.2, 0) is 14.4 Å². The van der Waals surface area contributed by atoms with E-state index >= 15 is 0 Å². The lowest BCUT2D eigenvalue weighted by molar-refractivity contribution is -0.170. The fraction of sp³-hybridized carbons (Fsp3) is 0.412. The fourth-order valence-electron chi connectivity index (χ4n) is 3.54. The number of carbonyl (C=O) groups is 4. The van der Waals surface area contributed by atoms with Gasteiger partial charge in [0.15, 0.2) is 5.78 Å². The Hall–Kier alpha value is -1.77. The van der Waals surface area contributed by atoms with Gasteiger partial charge in [-0.15, -0.1) is 11.8 Å². The number of thioether (sulfide) groups is 1. The number of halogens is 2. The predicted octanol–water partition coefficient (Wildman–Crippen LogP) is 2.20. The third kappa shape index (κ3) is 2.73. The highest BCUT2D eigenvalue weighted by Crippen LogP contribution is 2.55. The molecule has 0 aliphatic carbocycles. The van der Waals surface area contributed by atoms with Crippen LogP contribution in [0.5, 0.6) is 0 Å². The van der Waals surface area contributed by atoms with Crippen molar-refractivity contribution in [3.8, 4) is 0 Å². The number of benzene rings is 1. The van der Waals surface area contributed by atoms with Gasteiger partial charge in [0.1, 0.15) is 11.4 Å². The number of rotatable bonds is 4. The normalized spacial score (nSPS) is 28.3. The molecule has 0 bridgehead atoms. The van der Waals surface area contributed by atoms with Crippen molar-refractivity contribution in [1.82, 2.24) is 10.2 Å². The van der Waals surface area contributed by atoms with Crippen LogP contribution in [0.15, 0.2) is 18.2 Å². The van der Waals surface area contributed by atoms with E-state index in [9.17, 15) is 24.3 Å². The van der Waals surface area contributed by atoms with E-state index in [0.717, 1.165) is 16.7 Å². The molecule has 2 fully saturated rings. The SMILES string of the molecule is CC(=O)[C@]1(NC(=O)c2c(Cl)cccc2Cl)C(=O)N2[C@@H](C(=O)O)C(C)(C)S[C@@H]21. The Morgan fingerprint density at radius 2 is 1.78 bits per heavy atom. The molecule has 0 spiro atoms. The van der Waals surface area contributed by atoms with E-state index in [2.05, 4.69) is 5.32 Å². The standard InChI is InChI=1S/C17H16Cl2N2O5S/c1-7(22)17(20-12(23)10-8(18)5-4-6-9(10)19)14(26)21-11(13(24)25)16(2,3)27-15(17)21/h4-6,11,15H,1-3H3,(H,20,23)(H,24,25)/t11-,15+,17-/m0/s1. The minimum Gasteiger partial charge on any atom is -0.480 e. The van der Waals surface area contributed by atoms with Gasteiger partial charge in [0.25, 0.3) is 11.8 Å².